The van der Waals surface area contributed by atoms with E-state index in [1.807, 2.05) is 12.1 Å². The van der Waals surface area contributed by atoms with E-state index in [-0.39, 0.29) is 0 Å². The van der Waals surface area contributed by atoms with Crippen LogP contribution in [0.3, 0.4) is 0 Å². The second-order valence-corrected chi connectivity index (χ2v) is 10.0. The van der Waals surface area contributed by atoms with Crippen molar-refractivity contribution in [3.05, 3.63) is 41.0 Å². The fraction of sp³-hybridized carbons (Fsp3) is 0.680. The number of aryl methyl sites for hydroxylation is 1. The number of fused-ring (bicyclic) bond motifs is 5. The molecule has 5 rings (SSSR count). The van der Waals surface area contributed by atoms with Crippen LogP contribution in [0.1, 0.15) is 62.5 Å². The maximum Gasteiger partial charge on any atom is 0.115 e. The fourth-order valence-electron chi connectivity index (χ4n) is 7.07. The van der Waals surface area contributed by atoms with Crippen LogP contribution in [0.5, 0.6) is 5.75 Å². The number of rotatable bonds is 3. The lowest BCUT2D eigenvalue weighted by Crippen LogP contribution is -2.40. The SMILES string of the molecule is CN1CCC(OC/C=C2\CCC3C4CCc5cc(O)ccc5C4CCC23C)C1. The van der Waals surface area contributed by atoms with Gasteiger partial charge < -0.3 is 14.7 Å². The molecule has 0 radical (unpaired) electrons. The van der Waals surface area contributed by atoms with Crippen molar-refractivity contribution < 1.29 is 9.84 Å². The van der Waals surface area contributed by atoms with Gasteiger partial charge in [-0.1, -0.05) is 24.6 Å². The van der Waals surface area contributed by atoms with Crippen molar-refractivity contribution >= 4 is 0 Å². The zero-order valence-corrected chi connectivity index (χ0v) is 17.5. The van der Waals surface area contributed by atoms with Crippen LogP contribution < -0.4 is 0 Å². The molecule has 0 amide bonds. The minimum Gasteiger partial charge on any atom is -0.508 e. The second-order valence-electron chi connectivity index (χ2n) is 10.0. The van der Waals surface area contributed by atoms with Gasteiger partial charge in [0.25, 0.3) is 0 Å². The van der Waals surface area contributed by atoms with E-state index in [1.165, 1.54) is 56.2 Å². The van der Waals surface area contributed by atoms with E-state index in [0.717, 1.165) is 31.4 Å². The number of likely N-dealkylation sites (N-methyl/N-ethyl adjacent to an activating group) is 1. The molecule has 1 aliphatic heterocycles. The Hall–Kier alpha value is -1.32. The number of hydrogen-bond donors (Lipinski definition) is 1. The van der Waals surface area contributed by atoms with Crippen molar-refractivity contribution in [3.8, 4) is 5.75 Å². The van der Waals surface area contributed by atoms with Crippen LogP contribution in [0.15, 0.2) is 29.8 Å². The Morgan fingerprint density at radius 2 is 2.11 bits per heavy atom. The minimum atomic E-state index is 0.380. The second kappa shape index (κ2) is 7.18. The van der Waals surface area contributed by atoms with Crippen LogP contribution in [0, 0.1) is 17.3 Å². The predicted octanol–water partition coefficient (Wildman–Crippen LogP) is 4.90. The Labute approximate surface area is 169 Å². The van der Waals surface area contributed by atoms with Gasteiger partial charge in [0, 0.05) is 13.1 Å². The first-order valence-corrected chi connectivity index (χ1v) is 11.4. The Morgan fingerprint density at radius 3 is 2.93 bits per heavy atom. The van der Waals surface area contributed by atoms with Gasteiger partial charge in [-0.3, -0.25) is 0 Å². The van der Waals surface area contributed by atoms with Gasteiger partial charge in [0.15, 0.2) is 0 Å². The smallest absolute Gasteiger partial charge is 0.115 e. The van der Waals surface area contributed by atoms with E-state index < -0.39 is 0 Å². The molecule has 3 fully saturated rings. The summed E-state index contributed by atoms with van der Waals surface area (Å²) in [7, 11) is 2.19. The Morgan fingerprint density at radius 1 is 1.21 bits per heavy atom. The zero-order chi connectivity index (χ0) is 19.3. The largest absolute Gasteiger partial charge is 0.508 e. The first kappa shape index (κ1) is 18.7. The van der Waals surface area contributed by atoms with Gasteiger partial charge in [0.05, 0.1) is 12.7 Å². The van der Waals surface area contributed by atoms with Crippen LogP contribution in [-0.4, -0.2) is 42.9 Å². The van der Waals surface area contributed by atoms with Crippen molar-refractivity contribution in [2.24, 2.45) is 17.3 Å². The minimum absolute atomic E-state index is 0.380. The Kier molecular flexibility index (Phi) is 4.79. The summed E-state index contributed by atoms with van der Waals surface area (Å²) in [6.45, 7) is 5.60. The summed E-state index contributed by atoms with van der Waals surface area (Å²) in [5.74, 6) is 2.76. The molecule has 0 spiro atoms. The summed E-state index contributed by atoms with van der Waals surface area (Å²) in [5.41, 5.74) is 4.99. The van der Waals surface area contributed by atoms with Crippen molar-refractivity contribution in [1.29, 1.82) is 0 Å². The molecule has 0 bridgehead atoms. The molecule has 28 heavy (non-hydrogen) atoms. The first-order chi connectivity index (χ1) is 13.5. The number of phenols is 1. The highest BCUT2D eigenvalue weighted by atomic mass is 16.5. The number of likely N-dealkylation sites (tertiary alicyclic amines) is 1. The number of benzene rings is 1. The van der Waals surface area contributed by atoms with E-state index in [2.05, 4.69) is 31.0 Å². The average Bonchev–Trinajstić information content (AvgIpc) is 3.24. The van der Waals surface area contributed by atoms with Crippen LogP contribution in [0.25, 0.3) is 0 Å². The van der Waals surface area contributed by atoms with Crippen LogP contribution in [-0.2, 0) is 11.2 Å². The number of ether oxygens (including phenoxy) is 1. The molecule has 3 aliphatic carbocycles. The van der Waals surface area contributed by atoms with Gasteiger partial charge in [-0.2, -0.15) is 0 Å². The van der Waals surface area contributed by atoms with Gasteiger partial charge in [-0.05, 0) is 98.4 Å². The van der Waals surface area contributed by atoms with Crippen molar-refractivity contribution in [2.45, 2.75) is 63.9 Å². The molecule has 3 heteroatoms. The number of phenolic OH excluding ortho intramolecular Hbond substituents is 1. The standard InChI is InChI=1S/C25H35NO2/c1-25-12-9-22-21-7-5-19(27)15-17(21)3-6-23(22)24(25)8-4-18(25)11-14-28-20-10-13-26(2)16-20/h5,7,11,15,20,22-24,27H,3-4,6,8-10,12-14,16H2,1-2H3/b18-11+. The topological polar surface area (TPSA) is 32.7 Å². The maximum atomic E-state index is 9.86. The zero-order valence-electron chi connectivity index (χ0n) is 17.5. The highest BCUT2D eigenvalue weighted by Gasteiger charge is 2.52. The molecule has 0 aromatic heterocycles. The summed E-state index contributed by atoms with van der Waals surface area (Å²) < 4.78 is 6.18. The normalized spacial score (nSPS) is 39.0. The lowest BCUT2D eigenvalue weighted by molar-refractivity contribution is 0.0732. The highest BCUT2D eigenvalue weighted by Crippen LogP contribution is 2.62. The average molecular weight is 382 g/mol. The molecule has 1 N–H and O–H groups in total. The fourth-order valence-corrected chi connectivity index (χ4v) is 7.07. The highest BCUT2D eigenvalue weighted by molar-refractivity contribution is 5.40. The summed E-state index contributed by atoms with van der Waals surface area (Å²) in [6.07, 6.45) is 11.7. The van der Waals surface area contributed by atoms with Crippen LogP contribution >= 0.6 is 0 Å². The van der Waals surface area contributed by atoms with Crippen LogP contribution in [0.4, 0.5) is 0 Å². The van der Waals surface area contributed by atoms with Gasteiger partial charge in [-0.15, -0.1) is 0 Å². The van der Waals surface area contributed by atoms with E-state index in [4.69, 9.17) is 4.74 Å². The van der Waals surface area contributed by atoms with Gasteiger partial charge in [0.1, 0.15) is 5.75 Å². The Bertz CT molecular complexity index is 772. The lowest BCUT2D eigenvalue weighted by Gasteiger charge is -2.49. The van der Waals surface area contributed by atoms with Crippen LogP contribution in [0.2, 0.25) is 0 Å². The van der Waals surface area contributed by atoms with Crippen molar-refractivity contribution in [1.82, 2.24) is 4.90 Å². The number of nitrogens with zero attached hydrogens (tertiary/aromatic N) is 1. The molecule has 5 unspecified atom stereocenters. The molecule has 1 aromatic rings. The van der Waals surface area contributed by atoms with E-state index in [0.29, 0.717) is 23.2 Å². The summed E-state index contributed by atoms with van der Waals surface area (Å²) in [5, 5.41) is 9.86. The first-order valence-electron chi connectivity index (χ1n) is 11.4. The molecule has 4 aliphatic rings. The maximum absolute atomic E-state index is 9.86. The molecular weight excluding hydrogens is 346 g/mol. The van der Waals surface area contributed by atoms with Crippen molar-refractivity contribution in [2.75, 3.05) is 26.7 Å². The molecule has 1 heterocycles. The van der Waals surface area contributed by atoms with Gasteiger partial charge in [-0.25, -0.2) is 0 Å². The molecular formula is C25H35NO2. The molecule has 5 atom stereocenters. The summed E-state index contributed by atoms with van der Waals surface area (Å²) in [6, 6.07) is 6.12. The Balaban J connectivity index is 1.30. The molecule has 1 aromatic carbocycles. The number of aromatic hydroxyl groups is 1. The molecule has 152 valence electrons. The monoisotopic (exact) mass is 381 g/mol. The predicted molar refractivity (Wildman–Crippen MR) is 113 cm³/mol. The molecule has 1 saturated heterocycles. The third kappa shape index (κ3) is 3.11. The third-order valence-electron chi connectivity index (χ3n) is 8.57. The third-order valence-corrected chi connectivity index (χ3v) is 8.57. The van der Waals surface area contributed by atoms with E-state index >= 15 is 0 Å². The lowest BCUT2D eigenvalue weighted by atomic mass is 9.55. The summed E-state index contributed by atoms with van der Waals surface area (Å²) in [4.78, 5) is 2.37. The summed E-state index contributed by atoms with van der Waals surface area (Å²) >= 11 is 0. The quantitative estimate of drug-likeness (QED) is 0.756. The molecule has 2 saturated carbocycles. The van der Waals surface area contributed by atoms with E-state index in [1.54, 1.807) is 5.57 Å². The number of allylic oxidation sites excluding steroid dienone is 1. The van der Waals surface area contributed by atoms with Gasteiger partial charge >= 0.3 is 0 Å². The number of hydrogen-bond acceptors (Lipinski definition) is 3. The van der Waals surface area contributed by atoms with Gasteiger partial charge in [0.2, 0.25) is 0 Å². The van der Waals surface area contributed by atoms with E-state index in [9.17, 15) is 5.11 Å². The van der Waals surface area contributed by atoms with Crippen molar-refractivity contribution in [3.63, 3.8) is 0 Å². The molecule has 3 nitrogen and oxygen atoms in total.